The molecule has 9 heteroatoms. The minimum absolute atomic E-state index is 0.336. The summed E-state index contributed by atoms with van der Waals surface area (Å²) in [6.07, 6.45) is 3.91. The summed E-state index contributed by atoms with van der Waals surface area (Å²) in [5.74, 6) is 1.53. The number of rotatable bonds is 8. The van der Waals surface area contributed by atoms with Gasteiger partial charge in [0.1, 0.15) is 5.82 Å². The molecular weight excluding hydrogens is 430 g/mol. The molecule has 0 spiro atoms. The zero-order chi connectivity index (χ0) is 23.3. The third-order valence-corrected chi connectivity index (χ3v) is 4.65. The van der Waals surface area contributed by atoms with E-state index in [9.17, 15) is 4.79 Å². The maximum atomic E-state index is 12.6. The Morgan fingerprint density at radius 2 is 1.84 bits per heavy atom. The highest BCUT2D eigenvalue weighted by Gasteiger charge is 2.14. The van der Waals surface area contributed by atoms with Crippen molar-refractivity contribution in [3.05, 3.63) is 58.0 Å². The first kappa shape index (κ1) is 23.3. The van der Waals surface area contributed by atoms with Gasteiger partial charge in [0.05, 0.1) is 24.4 Å². The van der Waals surface area contributed by atoms with Crippen molar-refractivity contribution in [3.8, 4) is 17.4 Å². The molecule has 0 saturated carbocycles. The Morgan fingerprint density at radius 1 is 1.12 bits per heavy atom. The molecule has 0 fully saturated rings. The molecule has 0 radical (unpaired) electrons. The van der Waals surface area contributed by atoms with Crippen molar-refractivity contribution in [3.63, 3.8) is 0 Å². The lowest BCUT2D eigenvalue weighted by molar-refractivity contribution is -0.111. The van der Waals surface area contributed by atoms with Crippen molar-refractivity contribution < 1.29 is 14.3 Å². The lowest BCUT2D eigenvalue weighted by atomic mass is 10.2. The zero-order valence-corrected chi connectivity index (χ0v) is 19.5. The summed E-state index contributed by atoms with van der Waals surface area (Å²) in [6.45, 7) is 8.14. The first-order chi connectivity index (χ1) is 15.3. The fourth-order valence-corrected chi connectivity index (χ4v) is 3.34. The van der Waals surface area contributed by atoms with E-state index in [0.29, 0.717) is 40.5 Å². The van der Waals surface area contributed by atoms with Crippen LogP contribution in [0.25, 0.3) is 12.0 Å². The van der Waals surface area contributed by atoms with Gasteiger partial charge in [0.2, 0.25) is 5.91 Å². The summed E-state index contributed by atoms with van der Waals surface area (Å²) in [7, 11) is 1.54. The van der Waals surface area contributed by atoms with E-state index in [-0.39, 0.29) is 5.91 Å². The Morgan fingerprint density at radius 3 is 2.50 bits per heavy atom. The van der Waals surface area contributed by atoms with Gasteiger partial charge in [-0.1, -0.05) is 18.5 Å². The number of anilines is 1. The van der Waals surface area contributed by atoms with Crippen LogP contribution in [0.1, 0.15) is 36.0 Å². The number of ether oxygens (including phenoxy) is 2. The van der Waals surface area contributed by atoms with Crippen LogP contribution in [0.4, 0.5) is 5.82 Å². The second-order valence-electron chi connectivity index (χ2n) is 7.24. The minimum Gasteiger partial charge on any atom is -0.493 e. The molecular formula is C23H26ClN5O3. The highest BCUT2D eigenvalue weighted by molar-refractivity contribution is 6.32. The minimum atomic E-state index is -0.336. The second kappa shape index (κ2) is 10.3. The largest absolute Gasteiger partial charge is 0.493 e. The van der Waals surface area contributed by atoms with Crippen molar-refractivity contribution in [2.75, 3.05) is 19.0 Å². The van der Waals surface area contributed by atoms with Crippen LogP contribution in [-0.4, -0.2) is 39.4 Å². The van der Waals surface area contributed by atoms with E-state index >= 15 is 0 Å². The number of nitrogens with zero attached hydrogens (tertiary/aromatic N) is 4. The molecule has 0 saturated heterocycles. The van der Waals surface area contributed by atoms with Crippen LogP contribution in [0, 0.1) is 20.8 Å². The number of carbonyl (C=O) groups excluding carboxylic acids is 1. The van der Waals surface area contributed by atoms with Crippen LogP contribution in [0.3, 0.4) is 0 Å². The third kappa shape index (κ3) is 5.64. The molecule has 0 bridgehead atoms. The predicted octanol–water partition coefficient (Wildman–Crippen LogP) is 4.69. The summed E-state index contributed by atoms with van der Waals surface area (Å²) in [4.78, 5) is 21.4. The summed E-state index contributed by atoms with van der Waals surface area (Å²) in [5, 5.41) is 7.65. The average Bonchev–Trinajstić information content (AvgIpc) is 3.10. The molecule has 0 unspecified atom stereocenters. The van der Waals surface area contributed by atoms with E-state index in [4.69, 9.17) is 21.1 Å². The van der Waals surface area contributed by atoms with Crippen LogP contribution in [0.2, 0.25) is 5.02 Å². The van der Waals surface area contributed by atoms with Gasteiger partial charge in [-0.2, -0.15) is 9.78 Å². The number of amides is 1. The molecule has 1 amide bonds. The summed E-state index contributed by atoms with van der Waals surface area (Å²) < 4.78 is 12.6. The standard InChI is InChI=1S/C23H26ClN5O3/c1-6-9-32-22-18(24)12-17(13-19(22)31-5)7-8-21(30)27-20-11-16(4)28-29(20)23-25-14(2)10-15(3)26-23/h7-8,10-13H,6,9H2,1-5H3,(H,27,30)/b8-7+. The van der Waals surface area contributed by atoms with Gasteiger partial charge >= 0.3 is 0 Å². The number of aryl methyl sites for hydroxylation is 3. The van der Waals surface area contributed by atoms with Gasteiger partial charge in [0, 0.05) is 23.5 Å². The fraction of sp³-hybridized carbons (Fsp3) is 0.304. The second-order valence-corrected chi connectivity index (χ2v) is 7.65. The Balaban J connectivity index is 1.80. The normalized spacial score (nSPS) is 11.1. The number of nitrogens with one attached hydrogen (secondary N) is 1. The number of aromatic nitrogens is 4. The number of halogens is 1. The van der Waals surface area contributed by atoms with Crippen LogP contribution in [-0.2, 0) is 4.79 Å². The molecule has 2 aromatic heterocycles. The first-order valence-corrected chi connectivity index (χ1v) is 10.6. The highest BCUT2D eigenvalue weighted by Crippen LogP contribution is 2.36. The molecule has 3 rings (SSSR count). The smallest absolute Gasteiger partial charge is 0.252 e. The van der Waals surface area contributed by atoms with Gasteiger partial charge in [-0.15, -0.1) is 0 Å². The van der Waals surface area contributed by atoms with Gasteiger partial charge in [-0.25, -0.2) is 9.97 Å². The maximum absolute atomic E-state index is 12.6. The van der Waals surface area contributed by atoms with Gasteiger partial charge in [-0.3, -0.25) is 4.79 Å². The summed E-state index contributed by atoms with van der Waals surface area (Å²) in [6, 6.07) is 7.11. The number of hydrogen-bond donors (Lipinski definition) is 1. The lowest BCUT2D eigenvalue weighted by Gasteiger charge is -2.12. The Labute approximate surface area is 192 Å². The van der Waals surface area contributed by atoms with E-state index in [0.717, 1.165) is 23.5 Å². The van der Waals surface area contributed by atoms with Crippen LogP contribution >= 0.6 is 11.6 Å². The molecule has 2 heterocycles. The van der Waals surface area contributed by atoms with Crippen molar-refractivity contribution in [2.45, 2.75) is 34.1 Å². The van der Waals surface area contributed by atoms with E-state index < -0.39 is 0 Å². The van der Waals surface area contributed by atoms with Gasteiger partial charge in [0.25, 0.3) is 5.95 Å². The number of methoxy groups -OCH3 is 1. The number of benzene rings is 1. The first-order valence-electron chi connectivity index (χ1n) is 10.2. The fourth-order valence-electron chi connectivity index (χ4n) is 3.06. The third-order valence-electron chi connectivity index (χ3n) is 4.37. The lowest BCUT2D eigenvalue weighted by Crippen LogP contribution is -2.14. The predicted molar refractivity (Wildman–Crippen MR) is 125 cm³/mol. The van der Waals surface area contributed by atoms with Crippen molar-refractivity contribution in [1.82, 2.24) is 19.7 Å². The van der Waals surface area contributed by atoms with E-state index in [1.54, 1.807) is 31.4 Å². The average molecular weight is 456 g/mol. The van der Waals surface area contributed by atoms with Crippen molar-refractivity contribution in [2.24, 2.45) is 0 Å². The summed E-state index contributed by atoms with van der Waals surface area (Å²) >= 11 is 6.35. The van der Waals surface area contributed by atoms with Crippen LogP contribution in [0.15, 0.2) is 30.3 Å². The van der Waals surface area contributed by atoms with Crippen molar-refractivity contribution >= 4 is 29.4 Å². The maximum Gasteiger partial charge on any atom is 0.252 e. The molecule has 0 aliphatic carbocycles. The SMILES string of the molecule is CCCOc1c(Cl)cc(/C=C/C(=O)Nc2cc(C)nn2-c2nc(C)cc(C)n2)cc1OC. The Kier molecular flexibility index (Phi) is 7.48. The van der Waals surface area contributed by atoms with Gasteiger partial charge in [0.15, 0.2) is 11.5 Å². The highest BCUT2D eigenvalue weighted by atomic mass is 35.5. The Bertz CT molecular complexity index is 1140. The molecule has 168 valence electrons. The number of hydrogen-bond acceptors (Lipinski definition) is 6. The van der Waals surface area contributed by atoms with Crippen LogP contribution in [0.5, 0.6) is 11.5 Å². The topological polar surface area (TPSA) is 91.2 Å². The van der Waals surface area contributed by atoms with E-state index in [2.05, 4.69) is 20.4 Å². The molecule has 0 aliphatic heterocycles. The van der Waals surface area contributed by atoms with E-state index in [1.807, 2.05) is 33.8 Å². The zero-order valence-electron chi connectivity index (χ0n) is 18.8. The molecule has 1 N–H and O–H groups in total. The van der Waals surface area contributed by atoms with Gasteiger partial charge < -0.3 is 14.8 Å². The quantitative estimate of drug-likeness (QED) is 0.495. The molecule has 0 atom stereocenters. The Hall–Kier alpha value is -3.39. The monoisotopic (exact) mass is 455 g/mol. The molecule has 0 aliphatic rings. The van der Waals surface area contributed by atoms with Crippen LogP contribution < -0.4 is 14.8 Å². The van der Waals surface area contributed by atoms with Crippen molar-refractivity contribution in [1.29, 1.82) is 0 Å². The molecule has 3 aromatic rings. The molecule has 1 aromatic carbocycles. The number of carbonyl (C=O) groups is 1. The van der Waals surface area contributed by atoms with E-state index in [1.165, 1.54) is 10.8 Å². The molecule has 32 heavy (non-hydrogen) atoms. The summed E-state index contributed by atoms with van der Waals surface area (Å²) in [5.41, 5.74) is 3.06. The molecule has 8 nitrogen and oxygen atoms in total. The van der Waals surface area contributed by atoms with Gasteiger partial charge in [-0.05, 0) is 57.0 Å².